The largest absolute Gasteiger partial charge is 0.444 e. The number of ether oxygens (including phenoxy) is 2. The van der Waals surface area contributed by atoms with Crippen molar-refractivity contribution < 1.29 is 19.1 Å². The van der Waals surface area contributed by atoms with Crippen molar-refractivity contribution in [2.45, 2.75) is 13.0 Å². The lowest BCUT2D eigenvalue weighted by atomic mass is 10.1. The van der Waals surface area contributed by atoms with E-state index >= 15 is 0 Å². The van der Waals surface area contributed by atoms with Gasteiger partial charge in [-0.2, -0.15) is 0 Å². The molecule has 25 heavy (non-hydrogen) atoms. The minimum Gasteiger partial charge on any atom is -0.444 e. The van der Waals surface area contributed by atoms with Gasteiger partial charge in [-0.1, -0.05) is 48.5 Å². The molecule has 2 aromatic rings. The summed E-state index contributed by atoms with van der Waals surface area (Å²) in [6.07, 6.45) is -0.952. The number of benzene rings is 2. The summed E-state index contributed by atoms with van der Waals surface area (Å²) in [5, 5.41) is 0. The maximum atomic E-state index is 12.9. The molecule has 0 saturated carbocycles. The van der Waals surface area contributed by atoms with Gasteiger partial charge in [0.2, 0.25) is 6.10 Å². The van der Waals surface area contributed by atoms with Gasteiger partial charge in [0.25, 0.3) is 5.91 Å². The third kappa shape index (κ3) is 4.06. The molecule has 0 aliphatic carbocycles. The minimum absolute atomic E-state index is 0.212. The third-order valence-corrected chi connectivity index (χ3v) is 4.24. The van der Waals surface area contributed by atoms with Crippen molar-refractivity contribution in [2.24, 2.45) is 0 Å². The summed E-state index contributed by atoms with van der Waals surface area (Å²) in [5.74, 6) is -0.704. The third-order valence-electron chi connectivity index (χ3n) is 4.24. The number of amides is 1. The molecule has 0 aromatic heterocycles. The Morgan fingerprint density at radius 1 is 1.00 bits per heavy atom. The summed E-state index contributed by atoms with van der Waals surface area (Å²) < 4.78 is 10.9. The van der Waals surface area contributed by atoms with Gasteiger partial charge in [-0.3, -0.25) is 4.79 Å². The average molecular weight is 339 g/mol. The Kier molecular flexibility index (Phi) is 5.46. The molecule has 1 atom stereocenters. The zero-order chi connectivity index (χ0) is 17.6. The van der Waals surface area contributed by atoms with E-state index in [1.165, 1.54) is 0 Å². The molecule has 5 nitrogen and oxygen atoms in total. The van der Waals surface area contributed by atoms with Gasteiger partial charge >= 0.3 is 5.97 Å². The van der Waals surface area contributed by atoms with E-state index in [1.807, 2.05) is 37.3 Å². The van der Waals surface area contributed by atoms with Crippen LogP contribution in [0.4, 0.5) is 0 Å². The van der Waals surface area contributed by atoms with Crippen LogP contribution in [0.5, 0.6) is 0 Å². The summed E-state index contributed by atoms with van der Waals surface area (Å²) in [7, 11) is 0. The predicted octanol–water partition coefficient (Wildman–Crippen LogP) is 2.75. The standard InChI is InChI=1S/C20H21NO4/c1-15-7-5-6-10-17(15)20(23)25-18(16-8-3-2-4-9-16)19(22)21-11-13-24-14-12-21/h2-10,18H,11-14H2,1H3/t18-/m1/s1. The van der Waals surface area contributed by atoms with Gasteiger partial charge in [-0.25, -0.2) is 4.79 Å². The summed E-state index contributed by atoms with van der Waals surface area (Å²) >= 11 is 0. The van der Waals surface area contributed by atoms with Gasteiger partial charge < -0.3 is 14.4 Å². The summed E-state index contributed by atoms with van der Waals surface area (Å²) in [6, 6.07) is 16.3. The van der Waals surface area contributed by atoms with E-state index in [2.05, 4.69) is 0 Å². The molecule has 5 heteroatoms. The summed E-state index contributed by atoms with van der Waals surface area (Å²) in [5.41, 5.74) is 1.96. The zero-order valence-corrected chi connectivity index (χ0v) is 14.2. The van der Waals surface area contributed by atoms with Crippen molar-refractivity contribution in [1.82, 2.24) is 4.90 Å². The molecule has 2 aromatic carbocycles. The molecule has 3 rings (SSSR count). The summed E-state index contributed by atoms with van der Waals surface area (Å²) in [6.45, 7) is 3.85. The van der Waals surface area contributed by atoms with Crippen LogP contribution in [0.3, 0.4) is 0 Å². The maximum absolute atomic E-state index is 12.9. The number of rotatable bonds is 4. The predicted molar refractivity (Wildman–Crippen MR) is 93.2 cm³/mol. The monoisotopic (exact) mass is 339 g/mol. The number of aryl methyl sites for hydroxylation is 1. The first kappa shape index (κ1) is 17.2. The number of nitrogens with zero attached hydrogens (tertiary/aromatic N) is 1. The highest BCUT2D eigenvalue weighted by atomic mass is 16.5. The highest BCUT2D eigenvalue weighted by Crippen LogP contribution is 2.23. The van der Waals surface area contributed by atoms with Crippen molar-refractivity contribution in [3.8, 4) is 0 Å². The highest BCUT2D eigenvalue weighted by Gasteiger charge is 2.31. The van der Waals surface area contributed by atoms with E-state index in [0.717, 1.165) is 5.56 Å². The lowest BCUT2D eigenvalue weighted by Gasteiger charge is -2.30. The van der Waals surface area contributed by atoms with E-state index < -0.39 is 12.1 Å². The molecule has 0 bridgehead atoms. The van der Waals surface area contributed by atoms with Gasteiger partial charge in [-0.15, -0.1) is 0 Å². The Bertz CT molecular complexity index is 738. The highest BCUT2D eigenvalue weighted by molar-refractivity contribution is 5.93. The molecule has 1 saturated heterocycles. The lowest BCUT2D eigenvalue weighted by molar-refractivity contribution is -0.145. The number of hydrogen-bond acceptors (Lipinski definition) is 4. The van der Waals surface area contributed by atoms with Crippen LogP contribution in [-0.2, 0) is 14.3 Å². The second kappa shape index (κ2) is 7.94. The fraction of sp³-hybridized carbons (Fsp3) is 0.300. The smallest absolute Gasteiger partial charge is 0.339 e. The van der Waals surface area contributed by atoms with E-state index in [0.29, 0.717) is 37.4 Å². The lowest BCUT2D eigenvalue weighted by Crippen LogP contribution is -2.44. The van der Waals surface area contributed by atoms with Gasteiger partial charge in [-0.05, 0) is 18.6 Å². The zero-order valence-electron chi connectivity index (χ0n) is 14.2. The summed E-state index contributed by atoms with van der Waals surface area (Å²) in [4.78, 5) is 27.2. The van der Waals surface area contributed by atoms with Crippen LogP contribution in [0.2, 0.25) is 0 Å². The molecule has 1 amide bonds. The molecular weight excluding hydrogens is 318 g/mol. The van der Waals surface area contributed by atoms with E-state index in [1.54, 1.807) is 29.2 Å². The molecule has 0 N–H and O–H groups in total. The van der Waals surface area contributed by atoms with Gasteiger partial charge in [0, 0.05) is 18.7 Å². The van der Waals surface area contributed by atoms with Crippen LogP contribution < -0.4 is 0 Å². The number of esters is 1. The number of carbonyl (C=O) groups is 2. The van der Waals surface area contributed by atoms with E-state index in [9.17, 15) is 9.59 Å². The van der Waals surface area contributed by atoms with E-state index in [4.69, 9.17) is 9.47 Å². The number of morpholine rings is 1. The Balaban J connectivity index is 1.85. The first-order valence-electron chi connectivity index (χ1n) is 8.35. The number of carbonyl (C=O) groups excluding carboxylic acids is 2. The molecule has 0 unspecified atom stereocenters. The Hall–Kier alpha value is -2.66. The topological polar surface area (TPSA) is 55.8 Å². The van der Waals surface area contributed by atoms with Crippen LogP contribution >= 0.6 is 0 Å². The van der Waals surface area contributed by atoms with Crippen LogP contribution in [0.25, 0.3) is 0 Å². The first-order valence-corrected chi connectivity index (χ1v) is 8.35. The second-order valence-electron chi connectivity index (χ2n) is 5.95. The van der Waals surface area contributed by atoms with Crippen molar-refractivity contribution in [2.75, 3.05) is 26.3 Å². The molecule has 1 aliphatic heterocycles. The van der Waals surface area contributed by atoms with Crippen LogP contribution in [0, 0.1) is 6.92 Å². The Morgan fingerprint density at radius 2 is 1.64 bits per heavy atom. The van der Waals surface area contributed by atoms with Crippen molar-refractivity contribution in [1.29, 1.82) is 0 Å². The van der Waals surface area contributed by atoms with E-state index in [-0.39, 0.29) is 5.91 Å². The van der Waals surface area contributed by atoms with Crippen LogP contribution in [-0.4, -0.2) is 43.1 Å². The maximum Gasteiger partial charge on any atom is 0.339 e. The quantitative estimate of drug-likeness (QED) is 0.804. The molecule has 0 spiro atoms. The Morgan fingerprint density at radius 3 is 2.32 bits per heavy atom. The fourth-order valence-electron chi connectivity index (χ4n) is 2.81. The number of hydrogen-bond donors (Lipinski definition) is 0. The fourth-order valence-corrected chi connectivity index (χ4v) is 2.81. The minimum atomic E-state index is -0.952. The van der Waals surface area contributed by atoms with Crippen molar-refractivity contribution >= 4 is 11.9 Å². The normalized spacial score (nSPS) is 15.5. The molecule has 1 fully saturated rings. The van der Waals surface area contributed by atoms with Gasteiger partial charge in [0.15, 0.2) is 0 Å². The molecule has 130 valence electrons. The second-order valence-corrected chi connectivity index (χ2v) is 5.95. The molecule has 0 radical (unpaired) electrons. The van der Waals surface area contributed by atoms with Crippen molar-refractivity contribution in [3.63, 3.8) is 0 Å². The Labute approximate surface area is 147 Å². The molecular formula is C20H21NO4. The van der Waals surface area contributed by atoms with Crippen LogP contribution in [0.15, 0.2) is 54.6 Å². The van der Waals surface area contributed by atoms with Gasteiger partial charge in [0.05, 0.1) is 18.8 Å². The van der Waals surface area contributed by atoms with Crippen LogP contribution in [0.1, 0.15) is 27.6 Å². The average Bonchev–Trinajstić information content (AvgIpc) is 2.67. The SMILES string of the molecule is Cc1ccccc1C(=O)O[C@@H](C(=O)N1CCOCC1)c1ccccc1. The van der Waals surface area contributed by atoms with Crippen molar-refractivity contribution in [3.05, 3.63) is 71.3 Å². The molecule has 1 aliphatic rings. The molecule has 1 heterocycles. The first-order chi connectivity index (χ1) is 12.2. The van der Waals surface area contributed by atoms with Gasteiger partial charge in [0.1, 0.15) is 0 Å².